The number of carbonyl (C=O) groups excluding carboxylic acids is 3. The Balaban J connectivity index is 0.646. The first-order chi connectivity index (χ1) is 32.7. The first kappa shape index (κ1) is 46.3. The lowest BCUT2D eigenvalue weighted by molar-refractivity contribution is -0.142. The Morgan fingerprint density at radius 3 is 2.22 bits per heavy atom. The summed E-state index contributed by atoms with van der Waals surface area (Å²) in [7, 11) is 0. The van der Waals surface area contributed by atoms with Gasteiger partial charge in [0.15, 0.2) is 5.82 Å². The van der Waals surface area contributed by atoms with Crippen molar-refractivity contribution in [2.24, 2.45) is 10.8 Å². The van der Waals surface area contributed by atoms with Crippen LogP contribution in [0.5, 0.6) is 5.75 Å². The van der Waals surface area contributed by atoms with E-state index in [4.69, 9.17) is 6.42 Å². The van der Waals surface area contributed by atoms with Crippen molar-refractivity contribution >= 4 is 29.4 Å². The van der Waals surface area contributed by atoms with Crippen LogP contribution in [-0.4, -0.2) is 177 Å². The maximum atomic E-state index is 14.2. The van der Waals surface area contributed by atoms with Gasteiger partial charge >= 0.3 is 6.03 Å². The van der Waals surface area contributed by atoms with Crippen LogP contribution in [0.1, 0.15) is 76.8 Å². The number of likely N-dealkylation sites (tertiary alicyclic amines) is 4. The zero-order valence-electron chi connectivity index (χ0n) is 39.9. The number of fused-ring (bicyclic) bond motifs is 3. The van der Waals surface area contributed by atoms with Gasteiger partial charge < -0.3 is 50.7 Å². The van der Waals surface area contributed by atoms with Crippen LogP contribution < -0.4 is 20.9 Å². The molecule has 1 saturated carbocycles. The van der Waals surface area contributed by atoms with E-state index in [9.17, 15) is 24.6 Å². The first-order valence-electron chi connectivity index (χ1n) is 25.0. The van der Waals surface area contributed by atoms with Gasteiger partial charge in [-0.05, 0) is 106 Å². The molecule has 16 heteroatoms. The summed E-state index contributed by atoms with van der Waals surface area (Å²) in [6.45, 7) is 15.9. The number of piperidine rings is 2. The third-order valence-electron chi connectivity index (χ3n) is 16.3. The predicted octanol–water partition coefficient (Wildman–Crippen LogP) is 3.54. The number of nitrogens with zero attached hydrogens (tertiary/aromatic N) is 8. The number of para-hydroxylation sites is 1. The molecule has 16 nitrogen and oxygen atoms in total. The minimum Gasteiger partial charge on any atom is -0.507 e. The van der Waals surface area contributed by atoms with Gasteiger partial charge in [0.2, 0.25) is 11.8 Å². The standard InChI is InChI=1S/C52H69N11O5/c1-5-34-10-12-35(13-11-34)28-54-48(66)44-24-40(64)31-63(44)49(67)46(51(2,3)4)55-50(68)61-32-52(33-61)26-38(27-52)59-20-14-36(15-21-59)58-18-16-37(17-19-58)60-22-23-62-39(30-60)29-53-47-43(62)25-42(56-57-47)41-8-6-7-9-45(41)65/h1,6-13,25,36-40,44,46,64-65H,14-24,26-33H2,2-4H3,(H,53,57)(H,54,66)(H,55,68)/t39-,40+,44-,46+/m0/s1. The number of aromatic nitrogens is 2. The number of phenolic OH excluding ortho intramolecular Hbond substituents is 1. The monoisotopic (exact) mass is 928 g/mol. The van der Waals surface area contributed by atoms with Gasteiger partial charge in [-0.15, -0.1) is 16.6 Å². The molecule has 1 aromatic heterocycles. The molecule has 3 aromatic rings. The average Bonchev–Trinajstić information content (AvgIpc) is 3.72. The van der Waals surface area contributed by atoms with Crippen LogP contribution in [0.25, 0.3) is 11.3 Å². The minimum absolute atomic E-state index is 0.0381. The van der Waals surface area contributed by atoms with Gasteiger partial charge in [0.05, 0.1) is 23.5 Å². The van der Waals surface area contributed by atoms with Crippen molar-refractivity contribution in [3.8, 4) is 29.4 Å². The number of anilines is 2. The molecule has 1 spiro atoms. The molecule has 0 unspecified atom stereocenters. The molecule has 4 amide bonds. The summed E-state index contributed by atoms with van der Waals surface area (Å²) in [4.78, 5) is 55.3. The van der Waals surface area contributed by atoms with Crippen LogP contribution in [0.15, 0.2) is 54.6 Å². The maximum Gasteiger partial charge on any atom is 0.318 e. The highest BCUT2D eigenvalue weighted by molar-refractivity contribution is 5.93. The number of rotatable bonds is 9. The number of benzene rings is 2. The Hall–Kier alpha value is -5.47. The topological polar surface area (TPSA) is 173 Å². The van der Waals surface area contributed by atoms with E-state index < -0.39 is 23.6 Å². The number of amides is 4. The first-order valence-corrected chi connectivity index (χ1v) is 25.0. The van der Waals surface area contributed by atoms with E-state index in [1.165, 1.54) is 30.6 Å². The zero-order chi connectivity index (χ0) is 47.3. The van der Waals surface area contributed by atoms with Crippen LogP contribution >= 0.6 is 0 Å². The molecular formula is C52H69N11O5. The Kier molecular flexibility index (Phi) is 12.8. The van der Waals surface area contributed by atoms with Crippen molar-refractivity contribution in [2.45, 2.75) is 115 Å². The molecule has 5 N–H and O–H groups in total. The summed E-state index contributed by atoms with van der Waals surface area (Å²) in [6, 6.07) is 17.0. The number of hydrogen-bond acceptors (Lipinski definition) is 12. The fraction of sp³-hybridized carbons (Fsp3) is 0.596. The fourth-order valence-corrected chi connectivity index (χ4v) is 12.4. The summed E-state index contributed by atoms with van der Waals surface area (Å²) in [5.41, 5.74) is 3.62. The third-order valence-corrected chi connectivity index (χ3v) is 16.3. The molecule has 6 aliphatic heterocycles. The number of carbonyl (C=O) groups is 3. The number of hydrogen-bond donors (Lipinski definition) is 5. The van der Waals surface area contributed by atoms with Gasteiger partial charge in [-0.2, -0.15) is 0 Å². The summed E-state index contributed by atoms with van der Waals surface area (Å²) >= 11 is 0. The summed E-state index contributed by atoms with van der Waals surface area (Å²) in [5, 5.41) is 39.5. The van der Waals surface area contributed by atoms with Gasteiger partial charge in [0.25, 0.3) is 0 Å². The van der Waals surface area contributed by atoms with E-state index in [0.29, 0.717) is 48.5 Å². The van der Waals surface area contributed by atoms with E-state index in [2.05, 4.69) is 57.7 Å². The predicted molar refractivity (Wildman–Crippen MR) is 261 cm³/mol. The summed E-state index contributed by atoms with van der Waals surface area (Å²) in [5.74, 6) is 2.93. The van der Waals surface area contributed by atoms with Gasteiger partial charge in [-0.25, -0.2) is 4.79 Å². The molecule has 362 valence electrons. The van der Waals surface area contributed by atoms with E-state index in [0.717, 1.165) is 87.8 Å². The van der Waals surface area contributed by atoms with Crippen molar-refractivity contribution in [1.82, 2.24) is 45.3 Å². The zero-order valence-corrected chi connectivity index (χ0v) is 39.9. The average molecular weight is 928 g/mol. The molecule has 1 aliphatic carbocycles. The number of piperazine rings is 1. The molecule has 10 rings (SSSR count). The van der Waals surface area contributed by atoms with Crippen LogP contribution in [0.4, 0.5) is 16.3 Å². The molecule has 0 radical (unpaired) electrons. The number of aromatic hydroxyl groups is 1. The van der Waals surface area contributed by atoms with Crippen LogP contribution in [0.2, 0.25) is 0 Å². The lowest BCUT2D eigenvalue weighted by atomic mass is 9.60. The number of terminal acetylenes is 1. The Labute approximate surface area is 400 Å². The Morgan fingerprint density at radius 2 is 1.54 bits per heavy atom. The molecule has 7 heterocycles. The minimum atomic E-state index is -0.864. The van der Waals surface area contributed by atoms with E-state index in [1.807, 2.05) is 68.1 Å². The summed E-state index contributed by atoms with van der Waals surface area (Å²) in [6.07, 6.45) is 11.8. The quantitative estimate of drug-likeness (QED) is 0.198. The number of aliphatic hydroxyl groups excluding tert-OH is 1. The highest BCUT2D eigenvalue weighted by Crippen LogP contribution is 2.51. The van der Waals surface area contributed by atoms with Gasteiger partial charge in [-0.3, -0.25) is 14.5 Å². The molecule has 4 atom stereocenters. The lowest BCUT2D eigenvalue weighted by Gasteiger charge is -2.61. The Bertz CT molecular complexity index is 2370. The lowest BCUT2D eigenvalue weighted by Crippen LogP contribution is -2.70. The van der Waals surface area contributed by atoms with E-state index in [-0.39, 0.29) is 48.5 Å². The number of aliphatic hydroxyl groups is 1. The molecule has 6 fully saturated rings. The van der Waals surface area contributed by atoms with Crippen molar-refractivity contribution in [2.75, 3.05) is 82.2 Å². The van der Waals surface area contributed by atoms with Crippen molar-refractivity contribution in [3.05, 3.63) is 65.7 Å². The normalized spacial score (nSPS) is 25.3. The molecule has 68 heavy (non-hydrogen) atoms. The number of β-amino-alcohol motifs (C(OH)–C–C–N with tert-alkyl or cyclic N) is 1. The van der Waals surface area contributed by atoms with Crippen LogP contribution in [0, 0.1) is 23.2 Å². The van der Waals surface area contributed by atoms with Gasteiger partial charge in [-0.1, -0.05) is 51.0 Å². The number of nitrogens with one attached hydrogen (secondary N) is 3. The van der Waals surface area contributed by atoms with Crippen molar-refractivity contribution < 1.29 is 24.6 Å². The fourth-order valence-electron chi connectivity index (χ4n) is 12.4. The van der Waals surface area contributed by atoms with Crippen LogP contribution in [-0.2, 0) is 16.1 Å². The molecular weight excluding hydrogens is 859 g/mol. The van der Waals surface area contributed by atoms with E-state index >= 15 is 0 Å². The highest BCUT2D eigenvalue weighted by atomic mass is 16.3. The molecule has 5 saturated heterocycles. The van der Waals surface area contributed by atoms with Crippen molar-refractivity contribution in [3.63, 3.8) is 0 Å². The highest BCUT2D eigenvalue weighted by Gasteiger charge is 2.56. The number of phenols is 1. The smallest absolute Gasteiger partial charge is 0.318 e. The second kappa shape index (κ2) is 18.8. The second-order valence-electron chi connectivity index (χ2n) is 21.9. The SMILES string of the molecule is C#Cc1ccc(CNC(=O)[C@@H]2C[C@@H](O)CN2C(=O)[C@@H](NC(=O)N2CC3(CC(N4CCC(N5CCC(N6CCN7c8cc(-c9ccccc9O)nnc8NC[C@H]7C6)CC5)CC4)C3)C2)C(C)(C)C)cc1. The van der Waals surface area contributed by atoms with Gasteiger partial charge in [0, 0.05) is 93.4 Å². The largest absolute Gasteiger partial charge is 0.507 e. The molecule has 2 aromatic carbocycles. The number of urea groups is 1. The van der Waals surface area contributed by atoms with Gasteiger partial charge in [0.1, 0.15) is 17.8 Å². The third kappa shape index (κ3) is 9.34. The Morgan fingerprint density at radius 1 is 0.868 bits per heavy atom. The van der Waals surface area contributed by atoms with E-state index in [1.54, 1.807) is 6.07 Å². The maximum absolute atomic E-state index is 14.2. The summed E-state index contributed by atoms with van der Waals surface area (Å²) < 4.78 is 0. The molecule has 0 bridgehead atoms. The van der Waals surface area contributed by atoms with Crippen molar-refractivity contribution in [1.29, 1.82) is 0 Å². The second-order valence-corrected chi connectivity index (χ2v) is 21.9. The van der Waals surface area contributed by atoms with Crippen LogP contribution in [0.3, 0.4) is 0 Å². The molecule has 7 aliphatic rings.